The van der Waals surface area contributed by atoms with Gasteiger partial charge in [-0.1, -0.05) is 12.1 Å². The molecule has 3 rings (SSSR count). The molecule has 0 radical (unpaired) electrons. The minimum absolute atomic E-state index is 0.0500. The van der Waals surface area contributed by atoms with E-state index in [0.717, 1.165) is 13.0 Å². The lowest BCUT2D eigenvalue weighted by Crippen LogP contribution is -2.46. The van der Waals surface area contributed by atoms with Crippen LogP contribution in [0.25, 0.3) is 0 Å². The van der Waals surface area contributed by atoms with E-state index in [0.29, 0.717) is 44.0 Å². The monoisotopic (exact) mass is 375 g/mol. The quantitative estimate of drug-likeness (QED) is 0.801. The molecule has 2 fully saturated rings. The number of benzene rings is 1. The van der Waals surface area contributed by atoms with Gasteiger partial charge in [0.15, 0.2) is 0 Å². The molecule has 0 bridgehead atoms. The second kappa shape index (κ2) is 8.17. The van der Waals surface area contributed by atoms with Gasteiger partial charge >= 0.3 is 12.0 Å². The van der Waals surface area contributed by atoms with Crippen molar-refractivity contribution in [3.8, 4) is 5.75 Å². The van der Waals surface area contributed by atoms with Gasteiger partial charge in [0.25, 0.3) is 0 Å². The number of cyclic esters (lactones) is 1. The van der Waals surface area contributed by atoms with Crippen LogP contribution in [-0.2, 0) is 9.53 Å². The molecule has 2 aliphatic heterocycles. The summed E-state index contributed by atoms with van der Waals surface area (Å²) in [6.45, 7) is 4.28. The third-order valence-corrected chi connectivity index (χ3v) is 5.33. The van der Waals surface area contributed by atoms with Gasteiger partial charge in [0.1, 0.15) is 11.9 Å². The fraction of sp³-hybridized carbons (Fsp3) is 0.600. The van der Waals surface area contributed by atoms with E-state index in [9.17, 15) is 9.59 Å². The van der Waals surface area contributed by atoms with Crippen LogP contribution in [0.3, 0.4) is 0 Å². The summed E-state index contributed by atoms with van der Waals surface area (Å²) in [7, 11) is 3.96. The van der Waals surface area contributed by atoms with E-state index < -0.39 is 5.41 Å². The Bertz CT molecular complexity index is 684. The van der Waals surface area contributed by atoms with Crippen molar-refractivity contribution in [1.29, 1.82) is 0 Å². The van der Waals surface area contributed by atoms with Crippen LogP contribution in [0.2, 0.25) is 0 Å². The zero-order chi connectivity index (χ0) is 19.4. The van der Waals surface area contributed by atoms with Crippen LogP contribution in [0.5, 0.6) is 5.75 Å². The zero-order valence-corrected chi connectivity index (χ0v) is 16.4. The number of ether oxygens (including phenoxy) is 2. The van der Waals surface area contributed by atoms with Gasteiger partial charge in [0, 0.05) is 26.1 Å². The fourth-order valence-corrected chi connectivity index (χ4v) is 3.94. The molecule has 1 unspecified atom stereocenters. The molecule has 1 aromatic rings. The number of likely N-dealkylation sites (tertiary alicyclic amines) is 1. The average Bonchev–Trinajstić information content (AvgIpc) is 2.91. The molecule has 2 aliphatic rings. The summed E-state index contributed by atoms with van der Waals surface area (Å²) in [6.07, 6.45) is 1.99. The number of carbonyl (C=O) groups excluding carboxylic acids is 2. The van der Waals surface area contributed by atoms with E-state index in [1.807, 2.05) is 50.2 Å². The topological polar surface area (TPSA) is 71.1 Å². The van der Waals surface area contributed by atoms with Gasteiger partial charge in [-0.05, 0) is 46.0 Å². The maximum Gasteiger partial charge on any atom is 0.321 e. The highest BCUT2D eigenvalue weighted by atomic mass is 16.6. The Morgan fingerprint density at radius 3 is 2.70 bits per heavy atom. The molecule has 27 heavy (non-hydrogen) atoms. The van der Waals surface area contributed by atoms with Gasteiger partial charge < -0.3 is 24.6 Å². The normalized spacial score (nSPS) is 21.4. The molecule has 1 spiro atoms. The van der Waals surface area contributed by atoms with E-state index in [-0.39, 0.29) is 18.1 Å². The van der Waals surface area contributed by atoms with E-state index in [2.05, 4.69) is 5.32 Å². The highest BCUT2D eigenvalue weighted by Gasteiger charge is 2.50. The van der Waals surface area contributed by atoms with E-state index in [4.69, 9.17) is 9.47 Å². The number of rotatable bonds is 5. The molecule has 2 saturated heterocycles. The van der Waals surface area contributed by atoms with Gasteiger partial charge in [-0.3, -0.25) is 4.79 Å². The van der Waals surface area contributed by atoms with Crippen LogP contribution < -0.4 is 10.1 Å². The minimum Gasteiger partial charge on any atom is -0.492 e. The lowest BCUT2D eigenvalue weighted by molar-refractivity contribution is -0.150. The maximum atomic E-state index is 12.7. The summed E-state index contributed by atoms with van der Waals surface area (Å²) in [5.74, 6) is 0.559. The number of amides is 2. The summed E-state index contributed by atoms with van der Waals surface area (Å²) in [4.78, 5) is 28.9. The van der Waals surface area contributed by atoms with Crippen LogP contribution in [0, 0.1) is 5.41 Å². The first kappa shape index (κ1) is 19.5. The van der Waals surface area contributed by atoms with Crippen LogP contribution in [0.4, 0.5) is 10.5 Å². The molecule has 2 heterocycles. The highest BCUT2D eigenvalue weighted by Crippen LogP contribution is 2.43. The van der Waals surface area contributed by atoms with Gasteiger partial charge in [0.2, 0.25) is 0 Å². The van der Waals surface area contributed by atoms with Crippen LogP contribution in [0.15, 0.2) is 24.3 Å². The number of hydrogen-bond donors (Lipinski definition) is 1. The molecule has 1 aromatic carbocycles. The highest BCUT2D eigenvalue weighted by molar-refractivity contribution is 5.91. The first-order chi connectivity index (χ1) is 12.9. The molecule has 7 nitrogen and oxygen atoms in total. The Balaban J connectivity index is 1.58. The first-order valence-electron chi connectivity index (χ1n) is 9.57. The third-order valence-electron chi connectivity index (χ3n) is 5.33. The van der Waals surface area contributed by atoms with Crippen molar-refractivity contribution >= 4 is 17.7 Å². The molecule has 1 N–H and O–H groups in total. The van der Waals surface area contributed by atoms with Crippen LogP contribution in [-0.4, -0.2) is 68.2 Å². The minimum atomic E-state index is -0.430. The number of piperidine rings is 1. The second-order valence-electron chi connectivity index (χ2n) is 7.62. The van der Waals surface area contributed by atoms with Crippen LogP contribution in [0.1, 0.15) is 26.2 Å². The average molecular weight is 375 g/mol. The number of hydrogen-bond acceptors (Lipinski definition) is 5. The standard InChI is InChI=1S/C20H29N3O4/c1-4-26-17-8-6-5-7-16(17)21-19(25)23-11-9-20(10-12-23)13-15(14-22(2)3)27-18(20)24/h5-8,15H,4,9-14H2,1-3H3,(H,21,25). The van der Waals surface area contributed by atoms with Gasteiger partial charge in [-0.25, -0.2) is 4.79 Å². The lowest BCUT2D eigenvalue weighted by atomic mass is 9.76. The summed E-state index contributed by atoms with van der Waals surface area (Å²) < 4.78 is 11.1. The molecule has 7 heteroatoms. The van der Waals surface area contributed by atoms with Crippen LogP contribution >= 0.6 is 0 Å². The summed E-state index contributed by atoms with van der Waals surface area (Å²) in [6, 6.07) is 7.25. The summed E-state index contributed by atoms with van der Waals surface area (Å²) in [5, 5.41) is 2.93. The summed E-state index contributed by atoms with van der Waals surface area (Å²) in [5.41, 5.74) is 0.233. The van der Waals surface area contributed by atoms with Gasteiger partial charge in [-0.2, -0.15) is 0 Å². The zero-order valence-electron chi connectivity index (χ0n) is 16.4. The SMILES string of the molecule is CCOc1ccccc1NC(=O)N1CCC2(CC1)CC(CN(C)C)OC2=O. The Labute approximate surface area is 160 Å². The number of urea groups is 1. The smallest absolute Gasteiger partial charge is 0.321 e. The molecular weight excluding hydrogens is 346 g/mol. The number of nitrogens with one attached hydrogen (secondary N) is 1. The first-order valence-corrected chi connectivity index (χ1v) is 9.57. The number of para-hydroxylation sites is 2. The fourth-order valence-electron chi connectivity index (χ4n) is 3.94. The Morgan fingerprint density at radius 1 is 1.33 bits per heavy atom. The number of anilines is 1. The molecule has 148 valence electrons. The largest absolute Gasteiger partial charge is 0.492 e. The van der Waals surface area contributed by atoms with Crippen molar-refractivity contribution in [2.24, 2.45) is 5.41 Å². The van der Waals surface area contributed by atoms with Gasteiger partial charge in [-0.15, -0.1) is 0 Å². The summed E-state index contributed by atoms with van der Waals surface area (Å²) >= 11 is 0. The Hall–Kier alpha value is -2.28. The maximum absolute atomic E-state index is 12.7. The molecule has 0 saturated carbocycles. The van der Waals surface area contributed by atoms with E-state index >= 15 is 0 Å². The van der Waals surface area contributed by atoms with Crippen molar-refractivity contribution in [3.63, 3.8) is 0 Å². The molecule has 0 aromatic heterocycles. The molecule has 0 aliphatic carbocycles. The number of nitrogens with zero attached hydrogens (tertiary/aromatic N) is 2. The van der Waals surface area contributed by atoms with Crippen molar-refractivity contribution in [2.45, 2.75) is 32.3 Å². The Morgan fingerprint density at radius 2 is 2.04 bits per heavy atom. The molecular formula is C20H29N3O4. The predicted octanol–water partition coefficient (Wildman–Crippen LogP) is 2.58. The van der Waals surface area contributed by atoms with Crippen molar-refractivity contribution in [1.82, 2.24) is 9.80 Å². The van der Waals surface area contributed by atoms with Crippen molar-refractivity contribution < 1.29 is 19.1 Å². The molecule has 2 amide bonds. The number of esters is 1. The lowest BCUT2D eigenvalue weighted by Gasteiger charge is -2.36. The predicted molar refractivity (Wildman–Crippen MR) is 103 cm³/mol. The van der Waals surface area contributed by atoms with Crippen molar-refractivity contribution in [3.05, 3.63) is 24.3 Å². The van der Waals surface area contributed by atoms with Crippen molar-refractivity contribution in [2.75, 3.05) is 45.7 Å². The number of likely N-dealkylation sites (N-methyl/N-ethyl adjacent to an activating group) is 1. The van der Waals surface area contributed by atoms with E-state index in [1.54, 1.807) is 4.90 Å². The van der Waals surface area contributed by atoms with Gasteiger partial charge in [0.05, 0.1) is 17.7 Å². The van der Waals surface area contributed by atoms with E-state index in [1.165, 1.54) is 0 Å². The number of carbonyl (C=O) groups is 2. The second-order valence-corrected chi connectivity index (χ2v) is 7.62. The third kappa shape index (κ3) is 4.35. The molecule has 1 atom stereocenters. The Kier molecular flexibility index (Phi) is 5.89.